The van der Waals surface area contributed by atoms with Crippen molar-refractivity contribution in [2.75, 3.05) is 45.9 Å². The molecule has 0 N–H and O–H groups in total. The minimum atomic E-state index is -0.329. The summed E-state index contributed by atoms with van der Waals surface area (Å²) in [4.78, 5) is 41.9. The van der Waals surface area contributed by atoms with E-state index in [2.05, 4.69) is 0 Å². The monoisotopic (exact) mass is 359 g/mol. The van der Waals surface area contributed by atoms with E-state index < -0.39 is 0 Å². The lowest BCUT2D eigenvalue weighted by molar-refractivity contribution is 0.0570. The van der Waals surface area contributed by atoms with Crippen molar-refractivity contribution in [2.45, 2.75) is 19.8 Å². The fraction of sp³-hybridized carbons (Fsp3) is 0.526. The molecular weight excluding hydrogens is 334 g/mol. The highest BCUT2D eigenvalue weighted by Gasteiger charge is 2.26. The Kier molecular flexibility index (Phi) is 5.75. The van der Waals surface area contributed by atoms with Gasteiger partial charge in [-0.1, -0.05) is 0 Å². The van der Waals surface area contributed by atoms with Crippen LogP contribution in [0.2, 0.25) is 0 Å². The lowest BCUT2D eigenvalue weighted by atomic mass is 10.1. The Morgan fingerprint density at radius 3 is 1.65 bits per heavy atom. The zero-order valence-corrected chi connectivity index (χ0v) is 15.1. The fourth-order valence-corrected chi connectivity index (χ4v) is 3.35. The van der Waals surface area contributed by atoms with Gasteiger partial charge >= 0.3 is 6.09 Å². The van der Waals surface area contributed by atoms with Gasteiger partial charge in [-0.05, 0) is 44.0 Å². The highest BCUT2D eigenvalue weighted by molar-refractivity contribution is 5.98. The van der Waals surface area contributed by atoms with Crippen LogP contribution in [0.1, 0.15) is 40.5 Å². The van der Waals surface area contributed by atoms with E-state index in [-0.39, 0.29) is 17.9 Å². The topological polar surface area (TPSA) is 70.2 Å². The van der Waals surface area contributed by atoms with E-state index in [1.54, 1.807) is 41.0 Å². The van der Waals surface area contributed by atoms with E-state index in [4.69, 9.17) is 4.74 Å². The number of rotatable bonds is 3. The lowest BCUT2D eigenvalue weighted by Crippen LogP contribution is -2.50. The zero-order chi connectivity index (χ0) is 18.5. The second kappa shape index (κ2) is 8.21. The number of hydrogen-bond acceptors (Lipinski definition) is 4. The first-order chi connectivity index (χ1) is 12.6. The molecule has 1 aromatic carbocycles. The molecular formula is C19H25N3O4. The van der Waals surface area contributed by atoms with Crippen molar-refractivity contribution in [3.63, 3.8) is 0 Å². The minimum absolute atomic E-state index is 0.0320. The van der Waals surface area contributed by atoms with Crippen LogP contribution in [-0.4, -0.2) is 78.5 Å². The molecule has 0 saturated carbocycles. The Balaban J connectivity index is 1.57. The van der Waals surface area contributed by atoms with Crippen LogP contribution >= 0.6 is 0 Å². The van der Waals surface area contributed by atoms with Gasteiger partial charge in [0.1, 0.15) is 0 Å². The van der Waals surface area contributed by atoms with E-state index in [0.717, 1.165) is 25.9 Å². The van der Waals surface area contributed by atoms with Crippen LogP contribution in [0.15, 0.2) is 24.3 Å². The zero-order valence-electron chi connectivity index (χ0n) is 15.1. The third kappa shape index (κ3) is 3.98. The molecule has 0 spiro atoms. The van der Waals surface area contributed by atoms with Gasteiger partial charge < -0.3 is 19.4 Å². The number of benzene rings is 1. The van der Waals surface area contributed by atoms with Gasteiger partial charge in [-0.25, -0.2) is 4.79 Å². The van der Waals surface area contributed by atoms with Crippen molar-refractivity contribution in [1.82, 2.24) is 14.7 Å². The molecule has 0 unspecified atom stereocenters. The largest absolute Gasteiger partial charge is 0.450 e. The number of ether oxygens (including phenoxy) is 1. The number of piperazine rings is 1. The van der Waals surface area contributed by atoms with Crippen LogP contribution in [0, 0.1) is 0 Å². The summed E-state index contributed by atoms with van der Waals surface area (Å²) >= 11 is 0. The number of carbonyl (C=O) groups is 3. The molecule has 2 fully saturated rings. The average molecular weight is 359 g/mol. The van der Waals surface area contributed by atoms with Crippen LogP contribution < -0.4 is 0 Å². The van der Waals surface area contributed by atoms with Gasteiger partial charge in [-0.2, -0.15) is 0 Å². The number of amides is 3. The molecule has 1 aromatic rings. The van der Waals surface area contributed by atoms with Crippen LogP contribution in [0.3, 0.4) is 0 Å². The molecule has 0 atom stereocenters. The van der Waals surface area contributed by atoms with Gasteiger partial charge in [0.25, 0.3) is 11.8 Å². The molecule has 140 valence electrons. The maximum absolute atomic E-state index is 12.6. The van der Waals surface area contributed by atoms with Crippen molar-refractivity contribution in [1.29, 1.82) is 0 Å². The minimum Gasteiger partial charge on any atom is -0.450 e. The van der Waals surface area contributed by atoms with Crippen molar-refractivity contribution in [2.24, 2.45) is 0 Å². The van der Waals surface area contributed by atoms with Crippen molar-refractivity contribution in [3.8, 4) is 0 Å². The van der Waals surface area contributed by atoms with Gasteiger partial charge in [0.2, 0.25) is 0 Å². The molecule has 2 aliphatic rings. The fourth-order valence-electron chi connectivity index (χ4n) is 3.35. The quantitative estimate of drug-likeness (QED) is 0.826. The van der Waals surface area contributed by atoms with E-state index in [1.165, 1.54) is 0 Å². The Morgan fingerprint density at radius 2 is 1.19 bits per heavy atom. The van der Waals surface area contributed by atoms with E-state index >= 15 is 0 Å². The van der Waals surface area contributed by atoms with Crippen LogP contribution in [0.5, 0.6) is 0 Å². The summed E-state index contributed by atoms with van der Waals surface area (Å²) in [5, 5.41) is 0. The first-order valence-corrected chi connectivity index (χ1v) is 9.20. The molecule has 3 rings (SSSR count). The average Bonchev–Trinajstić information content (AvgIpc) is 3.22. The maximum Gasteiger partial charge on any atom is 0.409 e. The van der Waals surface area contributed by atoms with Gasteiger partial charge in [0, 0.05) is 50.4 Å². The highest BCUT2D eigenvalue weighted by atomic mass is 16.6. The molecule has 3 amide bonds. The van der Waals surface area contributed by atoms with Gasteiger partial charge in [0.05, 0.1) is 6.61 Å². The number of hydrogen-bond donors (Lipinski definition) is 0. The first kappa shape index (κ1) is 18.2. The van der Waals surface area contributed by atoms with Gasteiger partial charge in [0.15, 0.2) is 0 Å². The summed E-state index contributed by atoms with van der Waals surface area (Å²) in [5.41, 5.74) is 1.18. The lowest BCUT2D eigenvalue weighted by Gasteiger charge is -2.34. The van der Waals surface area contributed by atoms with Crippen LogP contribution in [-0.2, 0) is 4.74 Å². The normalized spacial score (nSPS) is 17.3. The Labute approximate surface area is 153 Å². The molecule has 7 heteroatoms. The van der Waals surface area contributed by atoms with Crippen molar-refractivity contribution >= 4 is 17.9 Å². The number of nitrogens with zero attached hydrogens (tertiary/aromatic N) is 3. The predicted octanol–water partition coefficient (Wildman–Crippen LogP) is 1.84. The second-order valence-corrected chi connectivity index (χ2v) is 6.55. The molecule has 0 aliphatic carbocycles. The maximum atomic E-state index is 12.6. The third-order valence-corrected chi connectivity index (χ3v) is 4.86. The second-order valence-electron chi connectivity index (χ2n) is 6.55. The highest BCUT2D eigenvalue weighted by Crippen LogP contribution is 2.15. The molecule has 7 nitrogen and oxygen atoms in total. The summed E-state index contributed by atoms with van der Waals surface area (Å²) in [5.74, 6) is -0.0433. The molecule has 0 aromatic heterocycles. The molecule has 2 saturated heterocycles. The van der Waals surface area contributed by atoms with Crippen molar-refractivity contribution in [3.05, 3.63) is 35.4 Å². The first-order valence-electron chi connectivity index (χ1n) is 9.20. The van der Waals surface area contributed by atoms with Gasteiger partial charge in [-0.3, -0.25) is 9.59 Å². The summed E-state index contributed by atoms with van der Waals surface area (Å²) < 4.78 is 4.99. The SMILES string of the molecule is CCOC(=O)N1CCN(C(=O)c2ccc(C(=O)N3CCCC3)cc2)CC1. The van der Waals surface area contributed by atoms with E-state index in [1.807, 2.05) is 4.90 Å². The Morgan fingerprint density at radius 1 is 0.769 bits per heavy atom. The standard InChI is InChI=1S/C19H25N3O4/c1-2-26-19(25)22-13-11-21(12-14-22)18(24)16-7-5-15(6-8-16)17(23)20-9-3-4-10-20/h5-8H,2-4,9-14H2,1H3. The van der Waals surface area contributed by atoms with Crippen molar-refractivity contribution < 1.29 is 19.1 Å². The third-order valence-electron chi connectivity index (χ3n) is 4.86. The smallest absolute Gasteiger partial charge is 0.409 e. The number of likely N-dealkylation sites (tertiary alicyclic amines) is 1. The Hall–Kier alpha value is -2.57. The Bertz CT molecular complexity index is 660. The molecule has 2 aliphatic heterocycles. The number of carbonyl (C=O) groups excluding carboxylic acids is 3. The summed E-state index contributed by atoms with van der Waals surface area (Å²) in [6, 6.07) is 6.87. The summed E-state index contributed by atoms with van der Waals surface area (Å²) in [6.45, 7) is 5.63. The summed E-state index contributed by atoms with van der Waals surface area (Å²) in [7, 11) is 0. The van der Waals surface area contributed by atoms with Crippen LogP contribution in [0.25, 0.3) is 0 Å². The molecule has 0 radical (unpaired) electrons. The predicted molar refractivity (Wildman–Crippen MR) is 96.1 cm³/mol. The summed E-state index contributed by atoms with van der Waals surface area (Å²) in [6.07, 6.45) is 1.78. The van der Waals surface area contributed by atoms with Gasteiger partial charge in [-0.15, -0.1) is 0 Å². The molecule has 2 heterocycles. The molecule has 0 bridgehead atoms. The molecule has 26 heavy (non-hydrogen) atoms. The van der Waals surface area contributed by atoms with E-state index in [9.17, 15) is 14.4 Å². The van der Waals surface area contributed by atoms with E-state index in [0.29, 0.717) is 43.9 Å². The van der Waals surface area contributed by atoms with Crippen LogP contribution in [0.4, 0.5) is 4.79 Å².